The smallest absolute Gasteiger partial charge is 0.125 e. The van der Waals surface area contributed by atoms with E-state index in [0.29, 0.717) is 0 Å². The quantitative estimate of drug-likeness (QED) is 0.340. The van der Waals surface area contributed by atoms with Crippen LogP contribution in [0.3, 0.4) is 0 Å². The maximum atomic E-state index is 14.0. The third-order valence-electron chi connectivity index (χ3n) is 10.2. The summed E-state index contributed by atoms with van der Waals surface area (Å²) in [5.74, 6) is -2.42. The van der Waals surface area contributed by atoms with E-state index >= 15 is 0 Å². The van der Waals surface area contributed by atoms with Crippen molar-refractivity contribution in [2.45, 2.75) is 50.7 Å². The zero-order valence-electron chi connectivity index (χ0n) is 25.0. The standard InChI is InChI=1S/C37H36N2O3/c1-36(2)29(38(5)27-17-15-21-11-7-9-13-23(21)31(27)36)19-25-33(40)26(35(42)34(25)41)20-30-37(3,4)32-24-14-10-8-12-22(24)16-18-28(32)39(30)6/h7-20,25-26,33-34H,1-6H3/q-2/b29-19-,30-20-. The van der Waals surface area contributed by atoms with Crippen molar-refractivity contribution in [3.63, 3.8) is 0 Å². The van der Waals surface area contributed by atoms with E-state index in [-0.39, 0.29) is 0 Å². The summed E-state index contributed by atoms with van der Waals surface area (Å²) >= 11 is 0. The molecule has 5 nitrogen and oxygen atoms in total. The number of likely N-dealkylation sites (N-methyl/N-ethyl adjacent to an activating group) is 2. The van der Waals surface area contributed by atoms with Crippen molar-refractivity contribution in [1.82, 2.24) is 0 Å². The van der Waals surface area contributed by atoms with Gasteiger partial charge in [0.25, 0.3) is 0 Å². The summed E-state index contributed by atoms with van der Waals surface area (Å²) in [6, 6.07) is 25.0. The molecule has 2 aliphatic heterocycles. The van der Waals surface area contributed by atoms with Gasteiger partial charge in [0.05, 0.1) is 0 Å². The maximum absolute atomic E-state index is 14.0. The highest BCUT2D eigenvalue weighted by atomic mass is 16.3. The Morgan fingerprint density at radius 3 is 1.62 bits per heavy atom. The molecule has 0 spiro atoms. The van der Waals surface area contributed by atoms with E-state index in [4.69, 9.17) is 0 Å². The van der Waals surface area contributed by atoms with E-state index in [1.807, 2.05) is 50.5 Å². The fraction of sp³-hybridized carbons (Fsp3) is 0.324. The van der Waals surface area contributed by atoms with Crippen LogP contribution < -0.4 is 20.0 Å². The van der Waals surface area contributed by atoms with Crippen LogP contribution in [0.4, 0.5) is 11.4 Å². The molecule has 0 aromatic heterocycles. The number of nitrogens with zero attached hydrogens (tertiary/aromatic N) is 2. The number of fused-ring (bicyclic) bond motifs is 6. The molecule has 2 heterocycles. The Morgan fingerprint density at radius 2 is 1.12 bits per heavy atom. The fourth-order valence-corrected chi connectivity index (χ4v) is 8.05. The number of carbonyl (C=O) groups excluding carboxylic acids is 1. The second-order valence-corrected chi connectivity index (χ2v) is 13.2. The summed E-state index contributed by atoms with van der Waals surface area (Å²) in [5.41, 5.74) is 5.42. The number of hydrogen-bond donors (Lipinski definition) is 0. The van der Waals surface area contributed by atoms with Crippen LogP contribution in [-0.2, 0) is 15.6 Å². The van der Waals surface area contributed by atoms with E-state index in [1.165, 1.54) is 11.1 Å². The van der Waals surface area contributed by atoms with E-state index in [9.17, 15) is 15.0 Å². The van der Waals surface area contributed by atoms with Crippen molar-refractivity contribution in [1.29, 1.82) is 0 Å². The molecule has 42 heavy (non-hydrogen) atoms. The number of hydrogen-bond acceptors (Lipinski definition) is 5. The first-order valence-electron chi connectivity index (χ1n) is 14.8. The van der Waals surface area contributed by atoms with Gasteiger partial charge in [0, 0.05) is 53.6 Å². The molecule has 1 aliphatic carbocycles. The van der Waals surface area contributed by atoms with Crippen LogP contribution in [0.15, 0.2) is 96.3 Å². The molecule has 0 amide bonds. The second kappa shape index (κ2) is 9.03. The third-order valence-corrected chi connectivity index (χ3v) is 10.2. The zero-order valence-corrected chi connectivity index (χ0v) is 25.0. The highest BCUT2D eigenvalue weighted by Crippen LogP contribution is 2.52. The predicted molar refractivity (Wildman–Crippen MR) is 166 cm³/mol. The SMILES string of the molecule is CN1/C(=C\C2C(=O)C([O-])C(/C=C3\N(C)c4ccc5ccccc5c4C3(C)C)C2[O-])C(C)(C)c2c1ccc1ccccc21. The largest absolute Gasteiger partial charge is 0.851 e. The maximum Gasteiger partial charge on any atom is 0.125 e. The Balaban J connectivity index is 1.27. The van der Waals surface area contributed by atoms with Crippen LogP contribution in [0.2, 0.25) is 0 Å². The summed E-state index contributed by atoms with van der Waals surface area (Å²) < 4.78 is 0. The fourth-order valence-electron chi connectivity index (χ4n) is 8.05. The molecule has 1 saturated carbocycles. The highest BCUT2D eigenvalue weighted by molar-refractivity contribution is 5.97. The van der Waals surface area contributed by atoms with Gasteiger partial charge in [-0.15, -0.1) is 6.10 Å². The van der Waals surface area contributed by atoms with Gasteiger partial charge >= 0.3 is 0 Å². The molecule has 7 rings (SSSR count). The lowest BCUT2D eigenvalue weighted by molar-refractivity contribution is -0.458. The van der Waals surface area contributed by atoms with Crippen molar-refractivity contribution in [3.05, 3.63) is 107 Å². The van der Waals surface area contributed by atoms with Gasteiger partial charge in [0.1, 0.15) is 5.78 Å². The van der Waals surface area contributed by atoms with Crippen molar-refractivity contribution in [3.8, 4) is 0 Å². The summed E-state index contributed by atoms with van der Waals surface area (Å²) in [7, 11) is 3.97. The molecule has 5 heteroatoms. The summed E-state index contributed by atoms with van der Waals surface area (Å²) in [4.78, 5) is 17.7. The number of rotatable bonds is 2. The second-order valence-electron chi connectivity index (χ2n) is 13.2. The van der Waals surface area contributed by atoms with Crippen LogP contribution in [0.5, 0.6) is 0 Å². The first kappa shape index (κ1) is 26.9. The zero-order chi connectivity index (χ0) is 29.7. The van der Waals surface area contributed by atoms with Gasteiger partial charge in [0.2, 0.25) is 0 Å². The van der Waals surface area contributed by atoms with Crippen molar-refractivity contribution >= 4 is 38.7 Å². The Kier molecular flexibility index (Phi) is 5.79. The minimum atomic E-state index is -1.59. The van der Waals surface area contributed by atoms with Crippen LogP contribution >= 0.6 is 0 Å². The van der Waals surface area contributed by atoms with E-state index in [1.54, 1.807) is 0 Å². The molecule has 0 saturated heterocycles. The first-order chi connectivity index (χ1) is 19.9. The highest BCUT2D eigenvalue weighted by Gasteiger charge is 2.45. The number of anilines is 2. The molecular formula is C37H36N2O3-2. The van der Waals surface area contributed by atoms with Crippen molar-refractivity contribution < 1.29 is 15.0 Å². The predicted octanol–water partition coefficient (Wildman–Crippen LogP) is 5.19. The topological polar surface area (TPSA) is 69.7 Å². The van der Waals surface area contributed by atoms with Crippen molar-refractivity contribution in [2.75, 3.05) is 23.9 Å². The van der Waals surface area contributed by atoms with Gasteiger partial charge in [-0.2, -0.15) is 0 Å². The molecule has 4 aromatic carbocycles. The average Bonchev–Trinajstić information content (AvgIpc) is 3.40. The molecule has 214 valence electrons. The molecule has 0 radical (unpaired) electrons. The molecule has 3 aliphatic rings. The average molecular weight is 557 g/mol. The minimum absolute atomic E-state index is 0.430. The molecular weight excluding hydrogens is 520 g/mol. The lowest BCUT2D eigenvalue weighted by Gasteiger charge is -2.34. The molecule has 4 aromatic rings. The monoisotopic (exact) mass is 556 g/mol. The van der Waals surface area contributed by atoms with Gasteiger partial charge < -0.3 is 24.8 Å². The summed E-state index contributed by atoms with van der Waals surface area (Å²) in [6.45, 7) is 8.55. The molecule has 1 fully saturated rings. The van der Waals surface area contributed by atoms with Gasteiger partial charge in [-0.05, 0) is 50.7 Å². The summed E-state index contributed by atoms with van der Waals surface area (Å²) in [5, 5.41) is 32.2. The molecule has 4 atom stereocenters. The van der Waals surface area contributed by atoms with Gasteiger partial charge in [0.15, 0.2) is 0 Å². The Labute approximate surface area is 247 Å². The minimum Gasteiger partial charge on any atom is -0.851 e. The third kappa shape index (κ3) is 3.53. The summed E-state index contributed by atoms with van der Waals surface area (Å²) in [6.07, 6.45) is 0.690. The Morgan fingerprint density at radius 1 is 0.667 bits per heavy atom. The van der Waals surface area contributed by atoms with Crippen LogP contribution in [0, 0.1) is 11.8 Å². The van der Waals surface area contributed by atoms with Gasteiger partial charge in [-0.1, -0.05) is 107 Å². The van der Waals surface area contributed by atoms with E-state index in [2.05, 4.69) is 86.0 Å². The molecule has 0 bridgehead atoms. The van der Waals surface area contributed by atoms with E-state index in [0.717, 1.165) is 44.3 Å². The lowest BCUT2D eigenvalue weighted by Crippen LogP contribution is -2.41. The number of benzene rings is 4. The van der Waals surface area contributed by atoms with E-state index < -0.39 is 40.7 Å². The number of Topliss-reactive ketones (excluding diaryl/α,β-unsaturated/α-hetero) is 1. The normalized spacial score (nSPS) is 28.0. The lowest BCUT2D eigenvalue weighted by atomic mass is 9.79. The number of allylic oxidation sites excluding steroid dienone is 2. The van der Waals surface area contributed by atoms with Crippen molar-refractivity contribution in [2.24, 2.45) is 11.8 Å². The van der Waals surface area contributed by atoms with Gasteiger partial charge in [-0.25, -0.2) is 0 Å². The first-order valence-corrected chi connectivity index (χ1v) is 14.8. The number of ketones is 1. The van der Waals surface area contributed by atoms with Crippen LogP contribution in [0.1, 0.15) is 38.8 Å². The van der Waals surface area contributed by atoms with Crippen LogP contribution in [0.25, 0.3) is 21.5 Å². The molecule has 4 unspecified atom stereocenters. The Bertz CT molecular complexity index is 1850. The molecule has 0 N–H and O–H groups in total. The van der Waals surface area contributed by atoms with Crippen LogP contribution in [-0.4, -0.2) is 32.1 Å². The Hall–Kier alpha value is -3.93. The van der Waals surface area contributed by atoms with Gasteiger partial charge in [-0.3, -0.25) is 0 Å². The number of carbonyl (C=O) groups is 1.